The molecule has 2 aromatic carbocycles. The van der Waals surface area contributed by atoms with Gasteiger partial charge in [0.15, 0.2) is 5.13 Å². The van der Waals surface area contributed by atoms with Gasteiger partial charge in [-0.05, 0) is 68.1 Å². The summed E-state index contributed by atoms with van der Waals surface area (Å²) >= 11 is 1.51. The number of pyridine rings is 1. The Balaban J connectivity index is 1.13. The van der Waals surface area contributed by atoms with Gasteiger partial charge in [0.05, 0.1) is 29.4 Å². The largest absolute Gasteiger partial charge is 0.490 e. The monoisotopic (exact) mass is 510 g/mol. The van der Waals surface area contributed by atoms with Crippen LogP contribution in [0, 0.1) is 5.92 Å². The zero-order valence-corrected chi connectivity index (χ0v) is 21.0. The Morgan fingerprint density at radius 3 is 2.76 bits per heavy atom. The van der Waals surface area contributed by atoms with Gasteiger partial charge in [-0.2, -0.15) is 0 Å². The van der Waals surface area contributed by atoms with E-state index in [9.17, 15) is 4.79 Å². The lowest BCUT2D eigenvalue weighted by Gasteiger charge is -2.13. The topological polar surface area (TPSA) is 107 Å². The third-order valence-corrected chi connectivity index (χ3v) is 7.22. The van der Waals surface area contributed by atoms with Gasteiger partial charge in [-0.15, -0.1) is 11.3 Å². The number of hydrogen-bond donors (Lipinski definition) is 3. The lowest BCUT2D eigenvalue weighted by molar-refractivity contribution is 0.102. The second kappa shape index (κ2) is 9.59. The number of anilines is 4. The van der Waals surface area contributed by atoms with Crippen LogP contribution >= 0.6 is 11.3 Å². The number of hydrogen-bond acceptors (Lipinski definition) is 7. The summed E-state index contributed by atoms with van der Waals surface area (Å²) in [4.78, 5) is 21.9. The molecule has 1 fully saturated rings. The number of fused-ring (bicyclic) bond motifs is 1. The van der Waals surface area contributed by atoms with Crippen LogP contribution in [0.4, 0.5) is 22.2 Å². The minimum atomic E-state index is -0.218. The molecule has 5 aromatic rings. The van der Waals surface area contributed by atoms with E-state index in [4.69, 9.17) is 15.5 Å². The first kappa shape index (κ1) is 23.1. The number of nitrogens with two attached hydrogens (primary N) is 1. The number of carbonyl (C=O) groups is 1. The molecule has 1 unspecified atom stereocenters. The first-order valence-electron chi connectivity index (χ1n) is 12.2. The van der Waals surface area contributed by atoms with Gasteiger partial charge in [-0.1, -0.05) is 12.1 Å². The second-order valence-electron chi connectivity index (χ2n) is 9.18. The summed E-state index contributed by atoms with van der Waals surface area (Å²) in [5, 5.41) is 8.90. The highest BCUT2D eigenvalue weighted by Crippen LogP contribution is 2.35. The maximum absolute atomic E-state index is 12.6. The van der Waals surface area contributed by atoms with E-state index in [-0.39, 0.29) is 12.0 Å². The zero-order chi connectivity index (χ0) is 25.4. The van der Waals surface area contributed by atoms with Gasteiger partial charge in [0, 0.05) is 28.9 Å². The number of ether oxygens (including phenoxy) is 1. The molecule has 0 spiro atoms. The Hall–Kier alpha value is -4.37. The first-order chi connectivity index (χ1) is 18.0. The average Bonchev–Trinajstić information content (AvgIpc) is 3.53. The number of nitrogen functional groups attached to an aromatic ring is 1. The Kier molecular flexibility index (Phi) is 5.97. The minimum Gasteiger partial charge on any atom is -0.490 e. The minimum absolute atomic E-state index is 0.218. The molecule has 37 heavy (non-hydrogen) atoms. The normalized spacial score (nSPS) is 13.9. The highest BCUT2D eigenvalue weighted by Gasteiger charge is 2.29. The van der Waals surface area contributed by atoms with Crippen molar-refractivity contribution in [3.8, 4) is 17.1 Å². The number of aromatic nitrogens is 3. The smallest absolute Gasteiger partial charge is 0.255 e. The standard InChI is InChI=1S/C28H26N6O2S/c1-17(18-6-7-18)36-21-12-13-34-25(15-30-26(34)14-21)24-16-37-28(33-24)31-20-10-8-19(9-11-20)27(35)32-23-5-3-2-4-22(23)29/h2-5,8-18H,6-7,29H2,1H3,(H,31,33)(H,32,35). The SMILES string of the molecule is CC(Oc1ccn2c(-c3csc(Nc4ccc(C(=O)Nc5ccccc5N)cc4)n3)cnc2c1)C1CC1. The number of benzene rings is 2. The maximum atomic E-state index is 12.6. The van der Waals surface area contributed by atoms with E-state index in [2.05, 4.69) is 22.5 Å². The average molecular weight is 511 g/mol. The van der Waals surface area contributed by atoms with Gasteiger partial charge in [0.2, 0.25) is 0 Å². The van der Waals surface area contributed by atoms with Gasteiger partial charge >= 0.3 is 0 Å². The molecule has 3 aromatic heterocycles. The van der Waals surface area contributed by atoms with E-state index < -0.39 is 0 Å². The summed E-state index contributed by atoms with van der Waals surface area (Å²) in [5.41, 5.74) is 11.0. The van der Waals surface area contributed by atoms with Crippen LogP contribution in [0.1, 0.15) is 30.1 Å². The van der Waals surface area contributed by atoms with Crippen molar-refractivity contribution in [3.63, 3.8) is 0 Å². The molecule has 1 aliphatic carbocycles. The zero-order valence-electron chi connectivity index (χ0n) is 20.2. The van der Waals surface area contributed by atoms with Crippen molar-refractivity contribution in [2.45, 2.75) is 25.9 Å². The number of amides is 1. The summed E-state index contributed by atoms with van der Waals surface area (Å²) in [6.45, 7) is 2.13. The molecular weight excluding hydrogens is 484 g/mol. The third kappa shape index (κ3) is 4.99. The molecule has 3 heterocycles. The van der Waals surface area contributed by atoms with Gasteiger partial charge in [-0.3, -0.25) is 9.20 Å². The molecule has 1 aliphatic rings. The molecule has 0 bridgehead atoms. The molecule has 8 nitrogen and oxygen atoms in total. The molecule has 1 amide bonds. The molecule has 1 saturated carbocycles. The van der Waals surface area contributed by atoms with Gasteiger partial charge in [-0.25, -0.2) is 9.97 Å². The van der Waals surface area contributed by atoms with Crippen molar-refractivity contribution >= 4 is 45.1 Å². The Bertz CT molecular complexity index is 1570. The molecule has 0 saturated heterocycles. The highest BCUT2D eigenvalue weighted by atomic mass is 32.1. The maximum Gasteiger partial charge on any atom is 0.255 e. The number of thiazole rings is 1. The number of rotatable bonds is 8. The Labute approximate surface area is 218 Å². The van der Waals surface area contributed by atoms with Crippen molar-refractivity contribution in [1.82, 2.24) is 14.4 Å². The van der Waals surface area contributed by atoms with Gasteiger partial charge < -0.3 is 21.1 Å². The van der Waals surface area contributed by atoms with Crippen molar-refractivity contribution in [1.29, 1.82) is 0 Å². The number of nitrogens with zero attached hydrogens (tertiary/aromatic N) is 3. The molecule has 0 aliphatic heterocycles. The van der Waals surface area contributed by atoms with E-state index in [1.54, 1.807) is 24.3 Å². The molecule has 6 rings (SSSR count). The summed E-state index contributed by atoms with van der Waals surface area (Å²) in [6.07, 6.45) is 6.54. The summed E-state index contributed by atoms with van der Waals surface area (Å²) < 4.78 is 8.10. The quantitative estimate of drug-likeness (QED) is 0.214. The molecule has 9 heteroatoms. The third-order valence-electron chi connectivity index (χ3n) is 6.47. The van der Waals surface area contributed by atoms with Gasteiger partial charge in [0.1, 0.15) is 17.1 Å². The second-order valence-corrected chi connectivity index (χ2v) is 10.0. The van der Waals surface area contributed by atoms with Crippen molar-refractivity contribution in [3.05, 3.63) is 84.0 Å². The van der Waals surface area contributed by atoms with Crippen LogP contribution in [0.25, 0.3) is 17.0 Å². The van der Waals surface area contributed by atoms with Crippen molar-refractivity contribution < 1.29 is 9.53 Å². The number of para-hydroxylation sites is 2. The number of imidazole rings is 1. The highest BCUT2D eigenvalue weighted by molar-refractivity contribution is 7.14. The van der Waals surface area contributed by atoms with Crippen LogP contribution in [0.2, 0.25) is 0 Å². The van der Waals surface area contributed by atoms with Crippen LogP contribution in [-0.4, -0.2) is 26.4 Å². The predicted molar refractivity (Wildman–Crippen MR) is 148 cm³/mol. The van der Waals surface area contributed by atoms with E-state index in [0.717, 1.165) is 33.6 Å². The summed E-state index contributed by atoms with van der Waals surface area (Å²) in [5.74, 6) is 1.30. The summed E-state index contributed by atoms with van der Waals surface area (Å²) in [7, 11) is 0. The molecular formula is C28H26N6O2S. The van der Waals surface area contributed by atoms with Gasteiger partial charge in [0.25, 0.3) is 5.91 Å². The van der Waals surface area contributed by atoms with Crippen LogP contribution in [-0.2, 0) is 0 Å². The lowest BCUT2D eigenvalue weighted by Crippen LogP contribution is -2.13. The number of carbonyl (C=O) groups excluding carboxylic acids is 1. The molecule has 0 radical (unpaired) electrons. The van der Waals surface area contributed by atoms with Crippen LogP contribution in [0.5, 0.6) is 5.75 Å². The van der Waals surface area contributed by atoms with Crippen LogP contribution in [0.15, 0.2) is 78.4 Å². The fraction of sp³-hybridized carbons (Fsp3) is 0.179. The lowest BCUT2D eigenvalue weighted by atomic mass is 10.2. The first-order valence-corrected chi connectivity index (χ1v) is 13.0. The Morgan fingerprint density at radius 1 is 1.16 bits per heavy atom. The molecule has 186 valence electrons. The van der Waals surface area contributed by atoms with E-state index in [1.165, 1.54) is 24.2 Å². The van der Waals surface area contributed by atoms with E-state index in [1.807, 2.05) is 58.6 Å². The molecule has 4 N–H and O–H groups in total. The number of nitrogens with one attached hydrogen (secondary N) is 2. The fourth-order valence-corrected chi connectivity index (χ4v) is 4.91. The van der Waals surface area contributed by atoms with E-state index >= 15 is 0 Å². The van der Waals surface area contributed by atoms with E-state index in [0.29, 0.717) is 22.9 Å². The van der Waals surface area contributed by atoms with Crippen LogP contribution < -0.4 is 21.1 Å². The summed E-state index contributed by atoms with van der Waals surface area (Å²) in [6, 6.07) is 18.4. The Morgan fingerprint density at radius 2 is 1.97 bits per heavy atom. The molecule has 1 atom stereocenters. The van der Waals surface area contributed by atoms with Crippen molar-refractivity contribution in [2.75, 3.05) is 16.4 Å². The predicted octanol–water partition coefficient (Wildman–Crippen LogP) is 6.21. The van der Waals surface area contributed by atoms with Crippen molar-refractivity contribution in [2.24, 2.45) is 5.92 Å². The fourth-order valence-electron chi connectivity index (χ4n) is 4.18. The van der Waals surface area contributed by atoms with Crippen LogP contribution in [0.3, 0.4) is 0 Å².